The van der Waals surface area contributed by atoms with Crippen molar-refractivity contribution in [2.24, 2.45) is 0 Å². The van der Waals surface area contributed by atoms with Crippen molar-refractivity contribution in [3.05, 3.63) is 57.5 Å². The molecule has 0 saturated heterocycles. The van der Waals surface area contributed by atoms with E-state index in [2.05, 4.69) is 15.9 Å². The van der Waals surface area contributed by atoms with Crippen LogP contribution in [0.1, 0.15) is 5.56 Å². The Labute approximate surface area is 113 Å². The van der Waals surface area contributed by atoms with Gasteiger partial charge in [0, 0.05) is 20.7 Å². The van der Waals surface area contributed by atoms with Crippen molar-refractivity contribution in [2.75, 3.05) is 5.73 Å². The zero-order chi connectivity index (χ0) is 12.3. The van der Waals surface area contributed by atoms with E-state index in [1.165, 1.54) is 0 Å². The van der Waals surface area contributed by atoms with Gasteiger partial charge in [-0.15, -0.1) is 0 Å². The fourth-order valence-corrected chi connectivity index (χ4v) is 1.83. The number of nitrogen functional groups attached to an aromatic ring is 1. The molecule has 2 aromatic rings. The van der Waals surface area contributed by atoms with E-state index >= 15 is 0 Å². The molecule has 0 atom stereocenters. The van der Waals surface area contributed by atoms with Crippen LogP contribution >= 0.6 is 27.5 Å². The Morgan fingerprint density at radius 2 is 1.82 bits per heavy atom. The highest BCUT2D eigenvalue weighted by Gasteiger charge is 2.02. The van der Waals surface area contributed by atoms with Crippen LogP contribution in [0.4, 0.5) is 5.69 Å². The molecule has 0 aliphatic heterocycles. The minimum Gasteiger partial charge on any atom is -0.489 e. The van der Waals surface area contributed by atoms with Crippen molar-refractivity contribution >= 4 is 33.2 Å². The molecule has 0 spiro atoms. The average Bonchev–Trinajstić information content (AvgIpc) is 2.32. The molecule has 17 heavy (non-hydrogen) atoms. The van der Waals surface area contributed by atoms with Gasteiger partial charge in [0.05, 0.1) is 0 Å². The molecule has 0 fully saturated rings. The minimum atomic E-state index is 0.408. The van der Waals surface area contributed by atoms with E-state index in [0.717, 1.165) is 15.8 Å². The van der Waals surface area contributed by atoms with Crippen molar-refractivity contribution in [1.82, 2.24) is 0 Å². The third-order valence-electron chi connectivity index (χ3n) is 2.28. The highest BCUT2D eigenvalue weighted by molar-refractivity contribution is 9.10. The summed E-state index contributed by atoms with van der Waals surface area (Å²) in [5.41, 5.74) is 7.26. The molecule has 0 saturated carbocycles. The minimum absolute atomic E-state index is 0.408. The Balaban J connectivity index is 2.07. The fourth-order valence-electron chi connectivity index (χ4n) is 1.40. The van der Waals surface area contributed by atoms with E-state index in [4.69, 9.17) is 22.1 Å². The monoisotopic (exact) mass is 311 g/mol. The maximum atomic E-state index is 6.04. The summed E-state index contributed by atoms with van der Waals surface area (Å²) >= 11 is 9.41. The Morgan fingerprint density at radius 3 is 2.53 bits per heavy atom. The van der Waals surface area contributed by atoms with Gasteiger partial charge in [-0.25, -0.2) is 0 Å². The third kappa shape index (κ3) is 3.38. The van der Waals surface area contributed by atoms with Crippen LogP contribution in [0.25, 0.3) is 0 Å². The van der Waals surface area contributed by atoms with E-state index in [-0.39, 0.29) is 0 Å². The summed E-state index contributed by atoms with van der Waals surface area (Å²) in [4.78, 5) is 0. The van der Waals surface area contributed by atoms with Crippen LogP contribution in [-0.2, 0) is 6.61 Å². The van der Waals surface area contributed by atoms with Crippen LogP contribution in [0.3, 0.4) is 0 Å². The zero-order valence-electron chi connectivity index (χ0n) is 8.99. The van der Waals surface area contributed by atoms with E-state index in [9.17, 15) is 0 Å². The first-order chi connectivity index (χ1) is 8.15. The normalized spacial score (nSPS) is 10.2. The zero-order valence-corrected chi connectivity index (χ0v) is 11.3. The van der Waals surface area contributed by atoms with Gasteiger partial charge in [0.1, 0.15) is 12.4 Å². The van der Waals surface area contributed by atoms with Gasteiger partial charge in [-0.1, -0.05) is 27.5 Å². The quantitative estimate of drug-likeness (QED) is 0.859. The number of benzene rings is 2. The van der Waals surface area contributed by atoms with Crippen molar-refractivity contribution in [3.8, 4) is 5.75 Å². The van der Waals surface area contributed by atoms with Gasteiger partial charge >= 0.3 is 0 Å². The number of anilines is 1. The lowest BCUT2D eigenvalue weighted by Gasteiger charge is -2.08. The maximum Gasteiger partial charge on any atom is 0.119 e. The molecule has 2 aromatic carbocycles. The Bertz CT molecular complexity index is 513. The lowest BCUT2D eigenvalue weighted by atomic mass is 10.2. The van der Waals surface area contributed by atoms with E-state index in [1.807, 2.05) is 30.3 Å². The molecule has 0 aliphatic carbocycles. The topological polar surface area (TPSA) is 35.2 Å². The molecule has 2 rings (SSSR count). The smallest absolute Gasteiger partial charge is 0.119 e. The van der Waals surface area contributed by atoms with Gasteiger partial charge in [0.2, 0.25) is 0 Å². The molecule has 0 heterocycles. The molecule has 0 bridgehead atoms. The van der Waals surface area contributed by atoms with Gasteiger partial charge in [0.15, 0.2) is 0 Å². The second-order valence-corrected chi connectivity index (χ2v) is 4.92. The second kappa shape index (κ2) is 5.43. The van der Waals surface area contributed by atoms with Crippen LogP contribution in [0.2, 0.25) is 5.02 Å². The molecular formula is C13H11BrClNO. The summed E-state index contributed by atoms with van der Waals surface area (Å²) in [6, 6.07) is 13.0. The standard InChI is InChI=1S/C13H11BrClNO/c14-10-1-4-12(5-2-10)17-8-9-7-11(16)3-6-13(9)15/h1-7H,8,16H2. The predicted octanol–water partition coefficient (Wildman–Crippen LogP) is 4.26. The number of ether oxygens (including phenoxy) is 1. The molecule has 0 radical (unpaired) electrons. The molecular weight excluding hydrogens is 302 g/mol. The molecule has 2 nitrogen and oxygen atoms in total. The van der Waals surface area contributed by atoms with E-state index in [1.54, 1.807) is 12.1 Å². The van der Waals surface area contributed by atoms with Crippen LogP contribution in [0, 0.1) is 0 Å². The lowest BCUT2D eigenvalue weighted by Crippen LogP contribution is -1.97. The number of hydrogen-bond acceptors (Lipinski definition) is 2. The first-order valence-corrected chi connectivity index (χ1v) is 6.24. The van der Waals surface area contributed by atoms with Crippen molar-refractivity contribution in [2.45, 2.75) is 6.61 Å². The summed E-state index contributed by atoms with van der Waals surface area (Å²) < 4.78 is 6.64. The third-order valence-corrected chi connectivity index (χ3v) is 3.18. The lowest BCUT2D eigenvalue weighted by molar-refractivity contribution is 0.306. The van der Waals surface area contributed by atoms with Gasteiger partial charge in [-0.05, 0) is 42.5 Å². The number of rotatable bonds is 3. The summed E-state index contributed by atoms with van der Waals surface area (Å²) in [6.07, 6.45) is 0. The van der Waals surface area contributed by atoms with Crippen LogP contribution in [-0.4, -0.2) is 0 Å². The predicted molar refractivity (Wildman–Crippen MR) is 74.3 cm³/mol. The Kier molecular flexibility index (Phi) is 3.92. The number of hydrogen-bond donors (Lipinski definition) is 1. The molecule has 0 aliphatic rings. The van der Waals surface area contributed by atoms with Crippen molar-refractivity contribution in [1.29, 1.82) is 0 Å². The summed E-state index contributed by atoms with van der Waals surface area (Å²) in [7, 11) is 0. The molecule has 4 heteroatoms. The van der Waals surface area contributed by atoms with Gasteiger partial charge < -0.3 is 10.5 Å². The molecule has 0 amide bonds. The van der Waals surface area contributed by atoms with Crippen LogP contribution < -0.4 is 10.5 Å². The fraction of sp³-hybridized carbons (Fsp3) is 0.0769. The van der Waals surface area contributed by atoms with E-state index in [0.29, 0.717) is 17.3 Å². The molecule has 0 unspecified atom stereocenters. The largest absolute Gasteiger partial charge is 0.489 e. The molecule has 88 valence electrons. The van der Waals surface area contributed by atoms with E-state index < -0.39 is 0 Å². The molecule has 0 aromatic heterocycles. The Hall–Kier alpha value is -1.19. The Morgan fingerprint density at radius 1 is 1.12 bits per heavy atom. The molecule has 2 N–H and O–H groups in total. The van der Waals surface area contributed by atoms with Gasteiger partial charge in [-0.2, -0.15) is 0 Å². The van der Waals surface area contributed by atoms with Crippen LogP contribution in [0.15, 0.2) is 46.9 Å². The highest BCUT2D eigenvalue weighted by atomic mass is 79.9. The maximum absolute atomic E-state index is 6.04. The number of nitrogens with two attached hydrogens (primary N) is 1. The van der Waals surface area contributed by atoms with Gasteiger partial charge in [-0.3, -0.25) is 0 Å². The average molecular weight is 313 g/mol. The first kappa shape index (κ1) is 12.3. The summed E-state index contributed by atoms with van der Waals surface area (Å²) in [5.74, 6) is 0.798. The van der Waals surface area contributed by atoms with Gasteiger partial charge in [0.25, 0.3) is 0 Å². The second-order valence-electron chi connectivity index (χ2n) is 3.59. The highest BCUT2D eigenvalue weighted by Crippen LogP contribution is 2.22. The van der Waals surface area contributed by atoms with Crippen molar-refractivity contribution < 1.29 is 4.74 Å². The summed E-state index contributed by atoms with van der Waals surface area (Å²) in [6.45, 7) is 0.408. The SMILES string of the molecule is Nc1ccc(Cl)c(COc2ccc(Br)cc2)c1. The first-order valence-electron chi connectivity index (χ1n) is 5.07. The summed E-state index contributed by atoms with van der Waals surface area (Å²) in [5, 5.41) is 0.663. The van der Waals surface area contributed by atoms with Crippen molar-refractivity contribution in [3.63, 3.8) is 0 Å². The van der Waals surface area contributed by atoms with Crippen LogP contribution in [0.5, 0.6) is 5.75 Å². The number of halogens is 2.